The predicted molar refractivity (Wildman–Crippen MR) is 58.6 cm³/mol. The Morgan fingerprint density at radius 3 is 2.77 bits per heavy atom. The highest BCUT2D eigenvalue weighted by Crippen LogP contribution is 2.17. The van der Waals surface area contributed by atoms with Gasteiger partial charge in [0.1, 0.15) is 4.64 Å². The van der Waals surface area contributed by atoms with Crippen molar-refractivity contribution in [2.24, 2.45) is 0 Å². The van der Waals surface area contributed by atoms with Gasteiger partial charge in [0, 0.05) is 19.3 Å². The molecule has 0 amide bonds. The first-order valence-electron chi connectivity index (χ1n) is 4.27. The molecular weight excluding hydrogens is 250 g/mol. The van der Waals surface area contributed by atoms with E-state index in [4.69, 9.17) is 12.2 Å². The van der Waals surface area contributed by atoms with Crippen molar-refractivity contribution in [1.82, 2.24) is 9.97 Å². The van der Waals surface area contributed by atoms with Crippen molar-refractivity contribution in [3.63, 3.8) is 0 Å². The Labute approximate surface area is 90.3 Å². The van der Waals surface area contributed by atoms with Crippen molar-refractivity contribution in [1.29, 1.82) is 0 Å². The second kappa shape index (κ2) is 3.75. The van der Waals surface area contributed by atoms with Gasteiger partial charge < -0.3 is 9.88 Å². The summed E-state index contributed by atoms with van der Waals surface area (Å²) in [7, 11) is 0. The lowest BCUT2D eigenvalue weighted by atomic mass is 10.4. The Balaban J connectivity index is 2.30. The van der Waals surface area contributed by atoms with Gasteiger partial charge in [0.15, 0.2) is 0 Å². The zero-order chi connectivity index (χ0) is 9.26. The van der Waals surface area contributed by atoms with E-state index in [0.717, 1.165) is 28.2 Å². The molecule has 1 N–H and O–H groups in total. The number of H-pyrrole nitrogens is 1. The van der Waals surface area contributed by atoms with E-state index < -0.39 is 0 Å². The smallest absolute Gasteiger partial charge is 0.203 e. The fourth-order valence-electron chi connectivity index (χ4n) is 1.46. The van der Waals surface area contributed by atoms with Crippen LogP contribution in [0, 0.1) is 4.64 Å². The van der Waals surface area contributed by atoms with Crippen LogP contribution in [0.2, 0.25) is 0 Å². The second-order valence-electron chi connectivity index (χ2n) is 3.08. The van der Waals surface area contributed by atoms with Crippen LogP contribution >= 0.6 is 28.1 Å². The van der Waals surface area contributed by atoms with E-state index in [1.165, 1.54) is 12.8 Å². The van der Waals surface area contributed by atoms with E-state index in [9.17, 15) is 0 Å². The molecule has 0 bridgehead atoms. The molecule has 0 aliphatic carbocycles. The molecule has 0 unspecified atom stereocenters. The average Bonchev–Trinajstić information content (AvgIpc) is 2.62. The van der Waals surface area contributed by atoms with Crippen LogP contribution in [-0.2, 0) is 0 Å². The third-order valence-corrected chi connectivity index (χ3v) is 3.33. The number of nitrogens with one attached hydrogen (secondary N) is 1. The molecule has 2 heterocycles. The largest absolute Gasteiger partial charge is 0.342 e. The Kier molecular flexibility index (Phi) is 2.64. The summed E-state index contributed by atoms with van der Waals surface area (Å²) in [6.07, 6.45) is 4.25. The molecule has 0 saturated carbocycles. The summed E-state index contributed by atoms with van der Waals surface area (Å²) in [5, 5.41) is 0. The van der Waals surface area contributed by atoms with Crippen molar-refractivity contribution < 1.29 is 0 Å². The molecule has 3 nitrogen and oxygen atoms in total. The minimum absolute atomic E-state index is 0.719. The molecule has 0 spiro atoms. The van der Waals surface area contributed by atoms with Crippen LogP contribution in [0.3, 0.4) is 0 Å². The summed E-state index contributed by atoms with van der Waals surface area (Å²) >= 11 is 8.43. The van der Waals surface area contributed by atoms with Crippen molar-refractivity contribution in [2.45, 2.75) is 12.8 Å². The van der Waals surface area contributed by atoms with Crippen molar-refractivity contribution in [3.05, 3.63) is 15.3 Å². The highest BCUT2D eigenvalue weighted by molar-refractivity contribution is 9.10. The summed E-state index contributed by atoms with van der Waals surface area (Å²) in [6.45, 7) is 2.17. The molecule has 0 radical (unpaired) electrons. The van der Waals surface area contributed by atoms with Gasteiger partial charge in [-0.2, -0.15) is 0 Å². The fourth-order valence-corrected chi connectivity index (χ4v) is 1.81. The normalized spacial score (nSPS) is 16.5. The third kappa shape index (κ3) is 1.91. The molecule has 70 valence electrons. The van der Waals surface area contributed by atoms with Crippen LogP contribution in [0.5, 0.6) is 0 Å². The maximum atomic E-state index is 5.11. The molecule has 1 aromatic rings. The lowest BCUT2D eigenvalue weighted by Crippen LogP contribution is -2.20. The molecule has 1 fully saturated rings. The van der Waals surface area contributed by atoms with Gasteiger partial charge in [-0.25, -0.2) is 4.98 Å². The molecule has 2 rings (SSSR count). The quantitative estimate of drug-likeness (QED) is 0.787. The number of hydrogen-bond donors (Lipinski definition) is 1. The minimum Gasteiger partial charge on any atom is -0.342 e. The number of halogens is 1. The average molecular weight is 260 g/mol. The highest BCUT2D eigenvalue weighted by atomic mass is 79.9. The van der Waals surface area contributed by atoms with Gasteiger partial charge >= 0.3 is 0 Å². The summed E-state index contributed by atoms with van der Waals surface area (Å²) in [5.41, 5.74) is 0. The van der Waals surface area contributed by atoms with Crippen molar-refractivity contribution in [3.8, 4) is 0 Å². The van der Waals surface area contributed by atoms with Crippen molar-refractivity contribution in [2.75, 3.05) is 18.0 Å². The number of rotatable bonds is 1. The van der Waals surface area contributed by atoms with Crippen LogP contribution in [0.4, 0.5) is 5.95 Å². The molecule has 1 aliphatic rings. The van der Waals surface area contributed by atoms with E-state index in [2.05, 4.69) is 30.8 Å². The van der Waals surface area contributed by atoms with Crippen molar-refractivity contribution >= 4 is 34.1 Å². The summed E-state index contributed by atoms with van der Waals surface area (Å²) in [4.78, 5) is 9.60. The first-order chi connectivity index (χ1) is 6.27. The monoisotopic (exact) mass is 259 g/mol. The van der Waals surface area contributed by atoms with Gasteiger partial charge in [-0.1, -0.05) is 12.2 Å². The molecule has 0 aromatic carbocycles. The zero-order valence-corrected chi connectivity index (χ0v) is 9.49. The Hall–Kier alpha value is -0.420. The number of aromatic nitrogens is 2. The second-order valence-corrected chi connectivity index (χ2v) is 4.34. The summed E-state index contributed by atoms with van der Waals surface area (Å²) in [6, 6.07) is 0. The van der Waals surface area contributed by atoms with Gasteiger partial charge in [-0.3, -0.25) is 0 Å². The Morgan fingerprint density at radius 1 is 1.46 bits per heavy atom. The van der Waals surface area contributed by atoms with Crippen LogP contribution in [0.15, 0.2) is 10.7 Å². The van der Waals surface area contributed by atoms with Crippen LogP contribution in [-0.4, -0.2) is 23.1 Å². The van der Waals surface area contributed by atoms with Gasteiger partial charge in [0.05, 0.1) is 4.47 Å². The molecule has 1 saturated heterocycles. The maximum absolute atomic E-state index is 5.11. The summed E-state index contributed by atoms with van der Waals surface area (Å²) < 4.78 is 1.57. The SMILES string of the molecule is S=c1[nH]c(N2CCCC2)ncc1Br. The fraction of sp³-hybridized carbons (Fsp3) is 0.500. The van der Waals surface area contributed by atoms with E-state index in [1.54, 1.807) is 6.20 Å². The van der Waals surface area contributed by atoms with Crippen LogP contribution in [0.1, 0.15) is 12.8 Å². The molecule has 0 atom stereocenters. The van der Waals surface area contributed by atoms with Crippen LogP contribution < -0.4 is 4.90 Å². The van der Waals surface area contributed by atoms with E-state index in [0.29, 0.717) is 0 Å². The van der Waals surface area contributed by atoms with E-state index in [-0.39, 0.29) is 0 Å². The van der Waals surface area contributed by atoms with Crippen LogP contribution in [0.25, 0.3) is 0 Å². The van der Waals surface area contributed by atoms with Gasteiger partial charge in [0.2, 0.25) is 5.95 Å². The minimum atomic E-state index is 0.719. The lowest BCUT2D eigenvalue weighted by Gasteiger charge is -2.15. The van der Waals surface area contributed by atoms with Gasteiger partial charge in [-0.15, -0.1) is 0 Å². The third-order valence-electron chi connectivity index (χ3n) is 2.15. The summed E-state index contributed by atoms with van der Waals surface area (Å²) in [5.74, 6) is 0.894. The first kappa shape index (κ1) is 9.15. The standard InChI is InChI=1S/C8H10BrN3S/c9-6-5-10-8(11-7(6)13)12-3-1-2-4-12/h5H,1-4H2,(H,10,11,13). The highest BCUT2D eigenvalue weighted by Gasteiger charge is 2.13. The Bertz CT molecular complexity index is 357. The molecule has 5 heteroatoms. The zero-order valence-electron chi connectivity index (χ0n) is 7.09. The topological polar surface area (TPSA) is 31.9 Å². The van der Waals surface area contributed by atoms with Gasteiger partial charge in [-0.05, 0) is 28.8 Å². The number of hydrogen-bond acceptors (Lipinski definition) is 3. The van der Waals surface area contributed by atoms with E-state index in [1.807, 2.05) is 0 Å². The first-order valence-corrected chi connectivity index (χ1v) is 5.47. The molecule has 1 aliphatic heterocycles. The number of anilines is 1. The molecule has 1 aromatic heterocycles. The van der Waals surface area contributed by atoms with E-state index >= 15 is 0 Å². The number of aromatic amines is 1. The molecular formula is C8H10BrN3S. The number of nitrogens with zero attached hydrogens (tertiary/aromatic N) is 2. The predicted octanol–water partition coefficient (Wildman–Crippen LogP) is 2.50. The van der Waals surface area contributed by atoms with Gasteiger partial charge in [0.25, 0.3) is 0 Å². The Morgan fingerprint density at radius 2 is 2.15 bits per heavy atom. The maximum Gasteiger partial charge on any atom is 0.203 e. The molecule has 13 heavy (non-hydrogen) atoms. The lowest BCUT2D eigenvalue weighted by molar-refractivity contribution is 0.893.